The fraction of sp³-hybridized carbons (Fsp3) is 0.214. The number of rotatable bonds is 4. The molecule has 2 rings (SSSR count). The van der Waals surface area contributed by atoms with Crippen molar-refractivity contribution in [2.75, 3.05) is 25.5 Å². The van der Waals surface area contributed by atoms with Crippen molar-refractivity contribution >= 4 is 40.6 Å². The van der Waals surface area contributed by atoms with Gasteiger partial charge in [0.05, 0.1) is 17.4 Å². The van der Waals surface area contributed by atoms with E-state index < -0.39 is 23.7 Å². The molecule has 21 heavy (non-hydrogen) atoms. The normalized spacial score (nSPS) is 16.7. The van der Waals surface area contributed by atoms with Gasteiger partial charge in [-0.25, -0.2) is 0 Å². The van der Waals surface area contributed by atoms with Crippen molar-refractivity contribution in [3.05, 3.63) is 34.7 Å². The number of carboxylic acids is 1. The minimum absolute atomic E-state index is 0.207. The topological polar surface area (TPSA) is 80.8 Å². The maximum Gasteiger partial charge on any atom is 0.293 e. The molecule has 110 valence electrons. The molecule has 0 saturated carbocycles. The predicted molar refractivity (Wildman–Crippen MR) is 78.5 cm³/mol. The zero-order chi connectivity index (χ0) is 15.6. The average molecular weight is 305 g/mol. The monoisotopic (exact) mass is 305 g/mol. The Morgan fingerprint density at radius 3 is 2.43 bits per heavy atom. The lowest BCUT2D eigenvalue weighted by atomic mass is 10.2. The number of nitrogens with zero attached hydrogens (tertiary/aromatic N) is 2. The first-order chi connectivity index (χ1) is 9.88. The van der Waals surface area contributed by atoms with Crippen molar-refractivity contribution < 1.29 is 19.5 Å². The second-order valence-corrected chi connectivity index (χ2v) is 5.62. The molecule has 1 aromatic carbocycles. The van der Waals surface area contributed by atoms with Crippen molar-refractivity contribution in [1.82, 2.24) is 4.90 Å². The SMILES string of the molecule is CN(C)c1ccc(/C=C2\SC(=O)N(CC(=O)[O-])C2=O)cc1. The summed E-state index contributed by atoms with van der Waals surface area (Å²) in [5.74, 6) is -2.07. The molecule has 1 fully saturated rings. The van der Waals surface area contributed by atoms with Gasteiger partial charge in [0.25, 0.3) is 11.1 Å². The molecule has 0 atom stereocenters. The van der Waals surface area contributed by atoms with Gasteiger partial charge in [0.2, 0.25) is 0 Å². The van der Waals surface area contributed by atoms with E-state index in [1.54, 1.807) is 6.08 Å². The summed E-state index contributed by atoms with van der Waals surface area (Å²) in [6, 6.07) is 7.42. The molecular formula is C14H13N2O4S-. The molecule has 1 heterocycles. The largest absolute Gasteiger partial charge is 0.548 e. The molecule has 6 nitrogen and oxygen atoms in total. The number of aliphatic carboxylic acids is 1. The van der Waals surface area contributed by atoms with Gasteiger partial charge in [-0.3, -0.25) is 14.5 Å². The number of hydrogen-bond acceptors (Lipinski definition) is 6. The van der Waals surface area contributed by atoms with Crippen molar-refractivity contribution in [3.63, 3.8) is 0 Å². The standard InChI is InChI=1S/C14H14N2O4S/c1-15(2)10-5-3-9(4-6-10)7-11-13(19)16(8-12(17)18)14(20)21-11/h3-7H,8H2,1-2H3,(H,17,18)/p-1/b11-7-. The summed E-state index contributed by atoms with van der Waals surface area (Å²) in [6.07, 6.45) is 1.57. The number of amides is 2. The third-order valence-electron chi connectivity index (χ3n) is 2.87. The molecule has 0 aromatic heterocycles. The smallest absolute Gasteiger partial charge is 0.293 e. The Morgan fingerprint density at radius 2 is 1.90 bits per heavy atom. The van der Waals surface area contributed by atoms with Crippen molar-refractivity contribution in [1.29, 1.82) is 0 Å². The van der Waals surface area contributed by atoms with Gasteiger partial charge in [-0.1, -0.05) is 12.1 Å². The van der Waals surface area contributed by atoms with E-state index in [9.17, 15) is 19.5 Å². The maximum absolute atomic E-state index is 11.9. The van der Waals surface area contributed by atoms with Crippen LogP contribution >= 0.6 is 11.8 Å². The van der Waals surface area contributed by atoms with Crippen LogP contribution < -0.4 is 10.0 Å². The summed E-state index contributed by atoms with van der Waals surface area (Å²) in [7, 11) is 3.83. The number of benzene rings is 1. The fourth-order valence-electron chi connectivity index (χ4n) is 1.79. The van der Waals surface area contributed by atoms with Gasteiger partial charge in [0.1, 0.15) is 0 Å². The van der Waals surface area contributed by atoms with Gasteiger partial charge < -0.3 is 14.8 Å². The first-order valence-corrected chi connectivity index (χ1v) is 6.92. The van der Waals surface area contributed by atoms with Crippen LogP contribution in [0.15, 0.2) is 29.2 Å². The lowest BCUT2D eigenvalue weighted by Crippen LogP contribution is -2.40. The molecule has 0 aliphatic carbocycles. The Balaban J connectivity index is 2.20. The van der Waals surface area contributed by atoms with E-state index in [0.717, 1.165) is 23.0 Å². The summed E-state index contributed by atoms with van der Waals surface area (Å²) in [6.45, 7) is -0.721. The van der Waals surface area contributed by atoms with Crippen LogP contribution in [0.5, 0.6) is 0 Å². The zero-order valence-corrected chi connectivity index (χ0v) is 12.3. The fourth-order valence-corrected chi connectivity index (χ4v) is 2.62. The number of carbonyl (C=O) groups is 3. The maximum atomic E-state index is 11.9. The van der Waals surface area contributed by atoms with E-state index in [1.165, 1.54) is 0 Å². The third kappa shape index (κ3) is 3.43. The van der Waals surface area contributed by atoms with Gasteiger partial charge in [-0.05, 0) is 35.5 Å². The van der Waals surface area contributed by atoms with Crippen molar-refractivity contribution in [2.24, 2.45) is 0 Å². The Bertz CT molecular complexity index is 622. The number of hydrogen-bond donors (Lipinski definition) is 0. The molecular weight excluding hydrogens is 292 g/mol. The highest BCUT2D eigenvalue weighted by atomic mass is 32.2. The van der Waals surface area contributed by atoms with Gasteiger partial charge in [0, 0.05) is 19.8 Å². The molecule has 0 spiro atoms. The van der Waals surface area contributed by atoms with E-state index in [0.29, 0.717) is 4.90 Å². The second-order valence-electron chi connectivity index (χ2n) is 4.63. The highest BCUT2D eigenvalue weighted by molar-refractivity contribution is 8.18. The summed E-state index contributed by atoms with van der Waals surface area (Å²) < 4.78 is 0. The first-order valence-electron chi connectivity index (χ1n) is 6.11. The van der Waals surface area contributed by atoms with E-state index in [1.807, 2.05) is 43.3 Å². The van der Waals surface area contributed by atoms with Crippen LogP contribution in [0.3, 0.4) is 0 Å². The summed E-state index contributed by atoms with van der Waals surface area (Å²) in [5.41, 5.74) is 1.77. The van der Waals surface area contributed by atoms with Crippen LogP contribution in [-0.2, 0) is 9.59 Å². The quantitative estimate of drug-likeness (QED) is 0.755. The molecule has 0 N–H and O–H groups in total. The average Bonchev–Trinajstić information content (AvgIpc) is 2.67. The lowest BCUT2D eigenvalue weighted by Gasteiger charge is -2.12. The van der Waals surface area contributed by atoms with Crippen LogP contribution in [0.1, 0.15) is 5.56 Å². The second kappa shape index (κ2) is 6.01. The van der Waals surface area contributed by atoms with E-state index in [2.05, 4.69) is 0 Å². The highest BCUT2D eigenvalue weighted by Gasteiger charge is 2.34. The summed E-state index contributed by atoms with van der Waals surface area (Å²) in [4.78, 5) is 36.9. The molecule has 7 heteroatoms. The van der Waals surface area contributed by atoms with Crippen LogP contribution in [0.4, 0.5) is 10.5 Å². The van der Waals surface area contributed by atoms with Gasteiger partial charge in [0.15, 0.2) is 0 Å². The molecule has 0 bridgehead atoms. The molecule has 1 aliphatic heterocycles. The van der Waals surface area contributed by atoms with E-state index in [-0.39, 0.29) is 4.91 Å². The Hall–Kier alpha value is -2.28. The molecule has 2 amide bonds. The number of thioether (sulfide) groups is 1. The molecule has 0 unspecified atom stereocenters. The first kappa shape index (κ1) is 15.1. The number of carbonyl (C=O) groups excluding carboxylic acids is 3. The minimum atomic E-state index is -1.46. The lowest BCUT2D eigenvalue weighted by molar-refractivity contribution is -0.305. The van der Waals surface area contributed by atoms with Gasteiger partial charge >= 0.3 is 0 Å². The van der Waals surface area contributed by atoms with E-state index >= 15 is 0 Å². The number of anilines is 1. The van der Waals surface area contributed by atoms with Crippen molar-refractivity contribution in [2.45, 2.75) is 0 Å². The Kier molecular flexibility index (Phi) is 4.32. The van der Waals surface area contributed by atoms with Crippen LogP contribution in [-0.4, -0.2) is 42.7 Å². The molecule has 1 aromatic rings. The summed E-state index contributed by atoms with van der Waals surface area (Å²) in [5, 5.41) is 9.93. The van der Waals surface area contributed by atoms with Crippen LogP contribution in [0, 0.1) is 0 Å². The van der Waals surface area contributed by atoms with Gasteiger partial charge in [-0.15, -0.1) is 0 Å². The Morgan fingerprint density at radius 1 is 1.29 bits per heavy atom. The van der Waals surface area contributed by atoms with Crippen LogP contribution in [0.2, 0.25) is 0 Å². The molecule has 1 aliphatic rings. The zero-order valence-electron chi connectivity index (χ0n) is 11.5. The third-order valence-corrected chi connectivity index (χ3v) is 3.78. The summed E-state index contributed by atoms with van der Waals surface area (Å²) >= 11 is 0.726. The number of imide groups is 1. The predicted octanol–water partition coefficient (Wildman–Crippen LogP) is 0.539. The van der Waals surface area contributed by atoms with Crippen LogP contribution in [0.25, 0.3) is 6.08 Å². The molecule has 1 saturated heterocycles. The minimum Gasteiger partial charge on any atom is -0.548 e. The number of carboxylic acid groups (broad SMARTS) is 1. The van der Waals surface area contributed by atoms with Crippen molar-refractivity contribution in [3.8, 4) is 0 Å². The highest BCUT2D eigenvalue weighted by Crippen LogP contribution is 2.32. The van der Waals surface area contributed by atoms with E-state index in [4.69, 9.17) is 0 Å². The van der Waals surface area contributed by atoms with Gasteiger partial charge in [-0.2, -0.15) is 0 Å². The molecule has 0 radical (unpaired) electrons. The Labute approximate surface area is 126 Å².